The Morgan fingerprint density at radius 1 is 1.19 bits per heavy atom. The largest absolute Gasteiger partial charge is 0.508 e. The van der Waals surface area contributed by atoms with E-state index in [1.165, 1.54) is 6.42 Å². The van der Waals surface area contributed by atoms with Crippen molar-refractivity contribution in [3.05, 3.63) is 36.1 Å². The Kier molecular flexibility index (Phi) is 4.00. The normalized spacial score (nSPS) is 47.9. The van der Waals surface area contributed by atoms with Gasteiger partial charge in [-0.15, -0.1) is 0 Å². The highest BCUT2D eigenvalue weighted by Gasteiger charge is 2.53. The Bertz CT molecular complexity index is 476. The maximum Gasteiger partial charge on any atom is 0.111 e. The third kappa shape index (κ3) is 2.59. The van der Waals surface area contributed by atoms with Gasteiger partial charge in [-0.1, -0.05) is 25.2 Å². The lowest BCUT2D eigenvalue weighted by molar-refractivity contribution is -0.0279. The Morgan fingerprint density at radius 3 is 2.81 bits per heavy atom. The highest BCUT2D eigenvalue weighted by molar-refractivity contribution is 5.26. The van der Waals surface area contributed by atoms with Crippen molar-refractivity contribution >= 4 is 0 Å². The first-order valence-corrected chi connectivity index (χ1v) is 8.46. The van der Waals surface area contributed by atoms with E-state index in [0.717, 1.165) is 44.1 Å². The first kappa shape index (κ1) is 14.9. The second kappa shape index (κ2) is 5.64. The number of rotatable bonds is 0. The molecule has 2 fully saturated rings. The maximum atomic E-state index is 10.4. The summed E-state index contributed by atoms with van der Waals surface area (Å²) in [7, 11) is 0. The van der Waals surface area contributed by atoms with Gasteiger partial charge in [0, 0.05) is 0 Å². The Morgan fingerprint density at radius 2 is 2.00 bits per heavy atom. The molecule has 1 unspecified atom stereocenters. The van der Waals surface area contributed by atoms with Crippen LogP contribution in [0, 0.1) is 23.2 Å². The van der Waals surface area contributed by atoms with Crippen LogP contribution in [0.2, 0.25) is 0 Å². The van der Waals surface area contributed by atoms with Crippen LogP contribution in [-0.2, 0) is 0 Å². The van der Waals surface area contributed by atoms with Crippen LogP contribution < -0.4 is 0 Å². The number of hydrogen-bond donors (Lipinski definition) is 2. The minimum absolute atomic E-state index is 0.118. The van der Waals surface area contributed by atoms with Crippen LogP contribution in [0.15, 0.2) is 36.1 Å². The standard InChI is InChI=1S/C19H28O2/c1-13-7-8-14(20)5-3-4-6-16-15(13)11-12-19(2)17(16)9-10-18(19)21/h5,7-8,15-18,20-21H,1,3-4,6,9-12H2,2H3/b8-7-,14-5+/t15?,16-,17+,18+,19+/m1/s1. The van der Waals surface area contributed by atoms with Crippen LogP contribution in [0.5, 0.6) is 0 Å². The SMILES string of the molecule is C=C1/C=C\C(O)=C/CCC[C@@H]2C1CC[C@]1(C)[C@@H](O)CC[C@@H]21. The van der Waals surface area contributed by atoms with Crippen LogP contribution in [-0.4, -0.2) is 16.3 Å². The van der Waals surface area contributed by atoms with Gasteiger partial charge in [0.2, 0.25) is 0 Å². The topological polar surface area (TPSA) is 40.5 Å². The molecule has 2 saturated carbocycles. The van der Waals surface area contributed by atoms with E-state index in [2.05, 4.69) is 13.5 Å². The van der Waals surface area contributed by atoms with Crippen molar-refractivity contribution in [3.63, 3.8) is 0 Å². The van der Waals surface area contributed by atoms with Gasteiger partial charge in [0.05, 0.1) is 6.10 Å². The summed E-state index contributed by atoms with van der Waals surface area (Å²) in [5.41, 5.74) is 1.28. The zero-order valence-electron chi connectivity index (χ0n) is 13.1. The van der Waals surface area contributed by atoms with E-state index in [9.17, 15) is 10.2 Å². The number of aliphatic hydroxyl groups is 2. The summed E-state index contributed by atoms with van der Waals surface area (Å²) >= 11 is 0. The third-order valence-electron chi connectivity index (χ3n) is 6.43. The van der Waals surface area contributed by atoms with E-state index < -0.39 is 0 Å². The zero-order chi connectivity index (χ0) is 15.0. The van der Waals surface area contributed by atoms with Crippen molar-refractivity contribution in [2.24, 2.45) is 23.2 Å². The van der Waals surface area contributed by atoms with Crippen molar-refractivity contribution in [3.8, 4) is 0 Å². The lowest BCUT2D eigenvalue weighted by Gasteiger charge is -2.48. The van der Waals surface area contributed by atoms with Crippen molar-refractivity contribution in [1.82, 2.24) is 0 Å². The Labute approximate surface area is 128 Å². The first-order chi connectivity index (χ1) is 10.0. The van der Waals surface area contributed by atoms with Gasteiger partial charge in [-0.3, -0.25) is 0 Å². The first-order valence-electron chi connectivity index (χ1n) is 8.46. The molecule has 3 rings (SSSR count). The van der Waals surface area contributed by atoms with Crippen LogP contribution >= 0.6 is 0 Å². The van der Waals surface area contributed by atoms with Gasteiger partial charge in [0.25, 0.3) is 0 Å². The van der Waals surface area contributed by atoms with Gasteiger partial charge in [0.15, 0.2) is 0 Å². The molecule has 0 heterocycles. The molecular weight excluding hydrogens is 260 g/mol. The highest BCUT2D eigenvalue weighted by Crippen LogP contribution is 2.58. The predicted molar refractivity (Wildman–Crippen MR) is 85.9 cm³/mol. The molecule has 3 aliphatic rings. The lowest BCUT2D eigenvalue weighted by Crippen LogP contribution is -2.43. The van der Waals surface area contributed by atoms with Crippen molar-refractivity contribution in [2.75, 3.05) is 0 Å². The second-order valence-electron chi connectivity index (χ2n) is 7.48. The zero-order valence-corrected chi connectivity index (χ0v) is 13.1. The number of aliphatic hydroxyl groups excluding tert-OH is 2. The van der Waals surface area contributed by atoms with Gasteiger partial charge in [-0.2, -0.15) is 0 Å². The third-order valence-corrected chi connectivity index (χ3v) is 6.43. The Balaban J connectivity index is 1.87. The van der Waals surface area contributed by atoms with Crippen molar-refractivity contribution in [2.45, 2.75) is 58.0 Å². The summed E-state index contributed by atoms with van der Waals surface area (Å²) in [6, 6.07) is 0. The van der Waals surface area contributed by atoms with Gasteiger partial charge in [-0.05, 0) is 80.3 Å². The smallest absolute Gasteiger partial charge is 0.111 e. The van der Waals surface area contributed by atoms with Crippen LogP contribution in [0.25, 0.3) is 0 Å². The summed E-state index contributed by atoms with van der Waals surface area (Å²) in [5, 5.41) is 20.2. The molecule has 21 heavy (non-hydrogen) atoms. The van der Waals surface area contributed by atoms with Crippen LogP contribution in [0.4, 0.5) is 0 Å². The fraction of sp³-hybridized carbons (Fsp3) is 0.684. The average Bonchev–Trinajstić information content (AvgIpc) is 2.76. The monoisotopic (exact) mass is 288 g/mol. The molecule has 0 bridgehead atoms. The molecule has 2 heteroatoms. The molecule has 0 aromatic rings. The number of hydrogen-bond acceptors (Lipinski definition) is 2. The van der Waals surface area contributed by atoms with Gasteiger partial charge >= 0.3 is 0 Å². The van der Waals surface area contributed by atoms with E-state index in [-0.39, 0.29) is 11.5 Å². The molecular formula is C19H28O2. The van der Waals surface area contributed by atoms with E-state index in [4.69, 9.17) is 0 Å². The summed E-state index contributed by atoms with van der Waals surface area (Å²) in [6.07, 6.45) is 13.2. The second-order valence-corrected chi connectivity index (χ2v) is 7.48. The van der Waals surface area contributed by atoms with Crippen molar-refractivity contribution in [1.29, 1.82) is 0 Å². The molecule has 3 aliphatic carbocycles. The molecule has 5 atom stereocenters. The molecule has 0 aromatic heterocycles. The van der Waals surface area contributed by atoms with Crippen LogP contribution in [0.3, 0.4) is 0 Å². The summed E-state index contributed by atoms with van der Waals surface area (Å²) in [6.45, 7) is 6.58. The molecule has 0 spiro atoms. The molecule has 0 aromatic carbocycles. The molecule has 0 radical (unpaired) electrons. The van der Waals surface area contributed by atoms with Crippen molar-refractivity contribution < 1.29 is 10.2 Å². The molecule has 2 N–H and O–H groups in total. The average molecular weight is 288 g/mol. The van der Waals surface area contributed by atoms with Crippen LogP contribution in [0.1, 0.15) is 51.9 Å². The van der Waals surface area contributed by atoms with Gasteiger partial charge < -0.3 is 10.2 Å². The number of allylic oxidation sites excluding steroid dienone is 4. The highest BCUT2D eigenvalue weighted by atomic mass is 16.3. The summed E-state index contributed by atoms with van der Waals surface area (Å²) in [4.78, 5) is 0. The molecule has 0 aliphatic heterocycles. The van der Waals surface area contributed by atoms with E-state index in [1.54, 1.807) is 6.08 Å². The summed E-state index contributed by atoms with van der Waals surface area (Å²) in [5.74, 6) is 2.17. The fourth-order valence-corrected chi connectivity index (χ4v) is 5.11. The summed E-state index contributed by atoms with van der Waals surface area (Å²) < 4.78 is 0. The molecule has 116 valence electrons. The number of fused-ring (bicyclic) bond motifs is 3. The fourth-order valence-electron chi connectivity index (χ4n) is 5.11. The molecule has 0 amide bonds. The predicted octanol–water partition coefficient (Wildman–Crippen LogP) is 4.53. The van der Waals surface area contributed by atoms with Gasteiger partial charge in [-0.25, -0.2) is 0 Å². The lowest BCUT2D eigenvalue weighted by atomic mass is 9.57. The quantitative estimate of drug-likeness (QED) is 0.687. The molecule has 2 nitrogen and oxygen atoms in total. The Hall–Kier alpha value is -1.02. The maximum absolute atomic E-state index is 10.4. The van der Waals surface area contributed by atoms with E-state index in [1.807, 2.05) is 12.2 Å². The molecule has 0 saturated heterocycles. The minimum atomic E-state index is -0.119. The minimum Gasteiger partial charge on any atom is -0.508 e. The van der Waals surface area contributed by atoms with E-state index in [0.29, 0.717) is 23.5 Å². The van der Waals surface area contributed by atoms with E-state index >= 15 is 0 Å². The van der Waals surface area contributed by atoms with Gasteiger partial charge in [0.1, 0.15) is 5.76 Å².